The Kier molecular flexibility index (Phi) is 17.8. The van der Waals surface area contributed by atoms with Crippen LogP contribution in [0.4, 0.5) is 0 Å². The lowest BCUT2D eigenvalue weighted by Crippen LogP contribution is -2.59. The van der Waals surface area contributed by atoms with Gasteiger partial charge in [-0.15, -0.1) is 0 Å². The molecule has 19 nitrogen and oxygen atoms in total. The Morgan fingerprint density at radius 3 is 1.74 bits per heavy atom. The van der Waals surface area contributed by atoms with E-state index in [9.17, 15) is 48.9 Å². The van der Waals surface area contributed by atoms with Gasteiger partial charge in [-0.05, 0) is 92.6 Å². The maximum absolute atomic E-state index is 14.0. The molecule has 0 aliphatic rings. The summed E-state index contributed by atoms with van der Waals surface area (Å²) < 4.78 is 0. The van der Waals surface area contributed by atoms with Crippen molar-refractivity contribution in [2.24, 2.45) is 17.2 Å². The smallest absolute Gasteiger partial charge is 0.326 e. The topological polar surface area (TPSA) is 334 Å². The summed E-state index contributed by atoms with van der Waals surface area (Å²) >= 11 is 0. The number of nitrogens with one attached hydrogen (secondary N) is 6. The molecule has 1 heterocycles. The Morgan fingerprint density at radius 2 is 1.15 bits per heavy atom. The minimum atomic E-state index is -1.49. The Hall–Kier alpha value is -6.99. The van der Waals surface area contributed by atoms with Gasteiger partial charge in [-0.2, -0.15) is 0 Å². The molecule has 6 amide bonds. The highest BCUT2D eigenvalue weighted by atomic mass is 16.4. The first-order valence-corrected chi connectivity index (χ1v) is 20.1. The van der Waals surface area contributed by atoms with Crippen LogP contribution in [-0.2, 0) is 52.8 Å². The molecule has 0 spiro atoms. The molecule has 0 saturated heterocycles. The van der Waals surface area contributed by atoms with Crippen molar-refractivity contribution < 1.29 is 48.9 Å². The summed E-state index contributed by atoms with van der Waals surface area (Å²) in [5, 5.41) is 43.0. The zero-order valence-corrected chi connectivity index (χ0v) is 34.3. The van der Waals surface area contributed by atoms with E-state index in [1.54, 1.807) is 6.20 Å². The minimum Gasteiger partial charge on any atom is -0.508 e. The van der Waals surface area contributed by atoms with Gasteiger partial charge in [0.15, 0.2) is 0 Å². The number of nitrogens with two attached hydrogens (primary N) is 3. The van der Waals surface area contributed by atoms with E-state index in [1.807, 2.05) is 24.3 Å². The average Bonchev–Trinajstić information content (AvgIpc) is 3.64. The molecule has 0 aliphatic carbocycles. The maximum atomic E-state index is 14.0. The van der Waals surface area contributed by atoms with Gasteiger partial charge >= 0.3 is 5.97 Å². The number of carboxylic acids is 1. The molecule has 62 heavy (non-hydrogen) atoms. The summed E-state index contributed by atoms with van der Waals surface area (Å²) in [5.41, 5.74) is 20.0. The van der Waals surface area contributed by atoms with Gasteiger partial charge in [0.1, 0.15) is 41.7 Å². The van der Waals surface area contributed by atoms with Crippen molar-refractivity contribution in [2.45, 2.75) is 94.5 Å². The molecular weight excluding hydrogens is 803 g/mol. The Labute approximate surface area is 357 Å². The lowest BCUT2D eigenvalue weighted by molar-refractivity contribution is -0.142. The normalized spacial score (nSPS) is 14.0. The van der Waals surface area contributed by atoms with Crippen LogP contribution >= 0.6 is 0 Å². The van der Waals surface area contributed by atoms with Crippen molar-refractivity contribution in [3.05, 3.63) is 95.7 Å². The zero-order valence-electron chi connectivity index (χ0n) is 34.3. The van der Waals surface area contributed by atoms with E-state index in [0.29, 0.717) is 30.5 Å². The average molecular weight is 858 g/mol. The number of fused-ring (bicyclic) bond motifs is 1. The van der Waals surface area contributed by atoms with Crippen molar-refractivity contribution in [1.29, 1.82) is 0 Å². The quantitative estimate of drug-likeness (QED) is 0.0410. The van der Waals surface area contributed by atoms with E-state index < -0.39 is 77.7 Å². The van der Waals surface area contributed by atoms with Crippen LogP contribution in [0.15, 0.2) is 79.0 Å². The van der Waals surface area contributed by atoms with Crippen LogP contribution in [0.3, 0.4) is 0 Å². The minimum absolute atomic E-state index is 0.0466. The molecule has 1 aromatic heterocycles. The Morgan fingerprint density at radius 1 is 0.629 bits per heavy atom. The molecule has 15 N–H and O–H groups in total. The number of phenolic OH excluding ortho intramolecular Hbond substituents is 2. The molecule has 3 aromatic carbocycles. The first-order valence-electron chi connectivity index (χ1n) is 20.1. The number of carbonyl (C=O) groups is 7. The van der Waals surface area contributed by atoms with E-state index in [-0.39, 0.29) is 50.0 Å². The number of unbranched alkanes of at least 4 members (excludes halogenated alkanes) is 1. The lowest BCUT2D eigenvalue weighted by atomic mass is 10.0. The van der Waals surface area contributed by atoms with Crippen LogP contribution in [0, 0.1) is 0 Å². The van der Waals surface area contributed by atoms with E-state index in [2.05, 4.69) is 31.6 Å². The fraction of sp³-hybridized carbons (Fsp3) is 0.372. The molecular formula is C43H55N9O10. The molecule has 19 heteroatoms. The number of primary amides is 1. The third-order valence-corrected chi connectivity index (χ3v) is 10.1. The fourth-order valence-electron chi connectivity index (χ4n) is 6.59. The number of rotatable bonds is 24. The Bertz CT molecular complexity index is 2180. The zero-order chi connectivity index (χ0) is 45.3. The first-order chi connectivity index (χ1) is 29.5. The Balaban J connectivity index is 1.48. The van der Waals surface area contributed by atoms with Crippen LogP contribution in [0.5, 0.6) is 11.5 Å². The molecule has 6 atom stereocenters. The fourth-order valence-corrected chi connectivity index (χ4v) is 6.59. The largest absolute Gasteiger partial charge is 0.508 e. The highest BCUT2D eigenvalue weighted by Crippen LogP contribution is 2.19. The number of benzene rings is 3. The molecule has 0 radical (unpaired) electrons. The van der Waals surface area contributed by atoms with Gasteiger partial charge in [-0.1, -0.05) is 42.5 Å². The number of H-pyrrole nitrogens is 1. The second-order valence-electron chi connectivity index (χ2n) is 15.0. The number of aliphatic carboxylic acids is 1. The van der Waals surface area contributed by atoms with Crippen molar-refractivity contribution in [3.8, 4) is 11.5 Å². The third kappa shape index (κ3) is 14.6. The van der Waals surface area contributed by atoms with Crippen LogP contribution < -0.4 is 43.8 Å². The number of aromatic nitrogens is 1. The monoisotopic (exact) mass is 857 g/mol. The van der Waals surface area contributed by atoms with Crippen LogP contribution in [0.1, 0.15) is 55.7 Å². The number of phenols is 2. The predicted molar refractivity (Wildman–Crippen MR) is 228 cm³/mol. The van der Waals surface area contributed by atoms with Gasteiger partial charge in [-0.3, -0.25) is 28.8 Å². The molecule has 332 valence electrons. The lowest BCUT2D eigenvalue weighted by Gasteiger charge is -2.26. The van der Waals surface area contributed by atoms with Crippen molar-refractivity contribution >= 4 is 52.3 Å². The van der Waals surface area contributed by atoms with Gasteiger partial charge < -0.3 is 64.1 Å². The molecule has 0 fully saturated rings. The van der Waals surface area contributed by atoms with E-state index >= 15 is 0 Å². The number of aromatic amines is 1. The first kappa shape index (κ1) is 47.7. The number of carboxylic acid groups (broad SMARTS) is 1. The molecule has 0 bridgehead atoms. The second kappa shape index (κ2) is 23.1. The number of para-hydroxylation sites is 1. The summed E-state index contributed by atoms with van der Waals surface area (Å²) in [6, 6.07) is 11.2. The number of carbonyl (C=O) groups excluding carboxylic acids is 6. The van der Waals surface area contributed by atoms with Crippen molar-refractivity contribution in [3.63, 3.8) is 0 Å². The van der Waals surface area contributed by atoms with Crippen LogP contribution in [-0.4, -0.2) is 105 Å². The molecule has 4 aromatic rings. The van der Waals surface area contributed by atoms with Gasteiger partial charge in [0.05, 0.1) is 6.04 Å². The summed E-state index contributed by atoms with van der Waals surface area (Å²) in [6.07, 6.45) is 2.10. The molecule has 0 saturated carbocycles. The number of hydrogen-bond donors (Lipinski definition) is 12. The van der Waals surface area contributed by atoms with Crippen molar-refractivity contribution in [2.75, 3.05) is 6.54 Å². The van der Waals surface area contributed by atoms with E-state index in [0.717, 1.165) is 16.5 Å². The van der Waals surface area contributed by atoms with Gasteiger partial charge in [0.25, 0.3) is 0 Å². The number of aromatic hydroxyl groups is 2. The standard InChI is InChI=1S/C43H55N9O10/c1-24(48-40(58)33(8-4-5-19-44)49-39(57)31(45)22-27-23-47-32-7-3-2-6-30(27)32)38(56)51-35(20-25-9-13-28(53)14-10-25)42(60)50-34(17-18-37(46)55)41(59)52-36(43(61)62)21-26-11-15-29(54)16-12-26/h2-3,6-7,9-16,23-24,31,33-36,47,53-54H,4-5,8,17-22,44-45H2,1H3,(H2,46,55)(H,48,58)(H,49,57)(H,50,60)(H,51,56)(H,52,59)(H,61,62)/t24-,31-,33-,34-,35-,36-/m0/s1. The summed E-state index contributed by atoms with van der Waals surface area (Å²) in [4.78, 5) is 95.2. The third-order valence-electron chi connectivity index (χ3n) is 10.1. The summed E-state index contributed by atoms with van der Waals surface area (Å²) in [5.74, 6) is -6.27. The molecule has 0 unspecified atom stereocenters. The van der Waals surface area contributed by atoms with Gasteiger partial charge in [0, 0.05) is 36.4 Å². The molecule has 0 aliphatic heterocycles. The number of amides is 6. The highest BCUT2D eigenvalue weighted by molar-refractivity contribution is 5.96. The van der Waals surface area contributed by atoms with Crippen LogP contribution in [0.25, 0.3) is 10.9 Å². The van der Waals surface area contributed by atoms with Gasteiger partial charge in [0.2, 0.25) is 35.4 Å². The summed E-state index contributed by atoms with van der Waals surface area (Å²) in [6.45, 7) is 1.71. The summed E-state index contributed by atoms with van der Waals surface area (Å²) in [7, 11) is 0. The predicted octanol–water partition coefficient (Wildman–Crippen LogP) is -0.143. The SMILES string of the molecule is C[C@H](NC(=O)[C@H](CCCCN)NC(=O)[C@@H](N)Cc1c[nH]c2ccccc12)C(=O)N[C@@H](Cc1ccc(O)cc1)C(=O)N[C@@H](CCC(N)=O)C(=O)N[C@@H](Cc1ccc(O)cc1)C(=O)O. The molecule has 4 rings (SSSR count). The second-order valence-corrected chi connectivity index (χ2v) is 15.0. The maximum Gasteiger partial charge on any atom is 0.326 e. The highest BCUT2D eigenvalue weighted by Gasteiger charge is 2.32. The van der Waals surface area contributed by atoms with E-state index in [1.165, 1.54) is 55.5 Å². The van der Waals surface area contributed by atoms with E-state index in [4.69, 9.17) is 17.2 Å². The van der Waals surface area contributed by atoms with Crippen molar-refractivity contribution in [1.82, 2.24) is 31.6 Å². The van der Waals surface area contributed by atoms with Gasteiger partial charge in [-0.25, -0.2) is 4.79 Å². The number of hydrogen-bond acceptors (Lipinski definition) is 11. The van der Waals surface area contributed by atoms with Crippen LogP contribution in [0.2, 0.25) is 0 Å².